The van der Waals surface area contributed by atoms with Crippen LogP contribution in [0.1, 0.15) is 15.9 Å². The number of amides is 1. The molecule has 0 aromatic carbocycles. The quantitative estimate of drug-likeness (QED) is 0.928. The average molecular weight is 310 g/mol. The Balaban J connectivity index is 2.18. The van der Waals surface area contributed by atoms with Gasteiger partial charge >= 0.3 is 0 Å². The van der Waals surface area contributed by atoms with Crippen LogP contribution < -0.4 is 5.32 Å². The lowest BCUT2D eigenvalue weighted by Gasteiger charge is -2.05. The lowest BCUT2D eigenvalue weighted by molar-refractivity contribution is 0.102. The largest absolute Gasteiger partial charge is 0.307 e. The van der Waals surface area contributed by atoms with Crippen molar-refractivity contribution in [2.75, 3.05) is 5.32 Å². The van der Waals surface area contributed by atoms with Gasteiger partial charge < -0.3 is 5.32 Å². The Morgan fingerprint density at radius 2 is 2.11 bits per heavy atom. The number of nitrogens with one attached hydrogen (secondary N) is 1. The SMILES string of the molecule is Cc1cc(NC(=O)c2cncc(F)c2)ncc1Br. The molecule has 1 N–H and O–H groups in total. The third-order valence-electron chi connectivity index (χ3n) is 2.26. The molecule has 4 nitrogen and oxygen atoms in total. The summed E-state index contributed by atoms with van der Waals surface area (Å²) in [6.07, 6.45) is 3.93. The highest BCUT2D eigenvalue weighted by Crippen LogP contribution is 2.17. The van der Waals surface area contributed by atoms with Gasteiger partial charge in [-0.1, -0.05) is 0 Å². The van der Waals surface area contributed by atoms with Crippen LogP contribution in [0.4, 0.5) is 10.2 Å². The number of hydrogen-bond donors (Lipinski definition) is 1. The van der Waals surface area contributed by atoms with E-state index in [1.165, 1.54) is 6.20 Å². The zero-order valence-electron chi connectivity index (χ0n) is 9.45. The molecular weight excluding hydrogens is 301 g/mol. The van der Waals surface area contributed by atoms with Gasteiger partial charge in [-0.05, 0) is 40.5 Å². The van der Waals surface area contributed by atoms with Crippen molar-refractivity contribution in [2.45, 2.75) is 6.92 Å². The molecule has 0 aliphatic rings. The molecule has 2 heterocycles. The first-order chi connectivity index (χ1) is 8.56. The van der Waals surface area contributed by atoms with E-state index >= 15 is 0 Å². The maximum atomic E-state index is 12.9. The molecule has 18 heavy (non-hydrogen) atoms. The second-order valence-corrected chi connectivity index (χ2v) is 4.52. The van der Waals surface area contributed by atoms with Gasteiger partial charge in [0.25, 0.3) is 5.91 Å². The van der Waals surface area contributed by atoms with Gasteiger partial charge in [0, 0.05) is 16.9 Å². The molecule has 2 aromatic heterocycles. The molecule has 6 heteroatoms. The Hall–Kier alpha value is -1.82. The van der Waals surface area contributed by atoms with Gasteiger partial charge in [0.2, 0.25) is 0 Å². The van der Waals surface area contributed by atoms with Crippen molar-refractivity contribution in [3.05, 3.63) is 52.1 Å². The normalized spacial score (nSPS) is 10.2. The number of pyridine rings is 2. The highest BCUT2D eigenvalue weighted by Gasteiger charge is 2.08. The van der Waals surface area contributed by atoms with E-state index in [1.807, 2.05) is 6.92 Å². The molecule has 0 saturated carbocycles. The van der Waals surface area contributed by atoms with Crippen LogP contribution in [0.5, 0.6) is 0 Å². The summed E-state index contributed by atoms with van der Waals surface area (Å²) in [5.41, 5.74) is 1.09. The zero-order chi connectivity index (χ0) is 13.1. The molecule has 2 rings (SSSR count). The molecule has 0 bridgehead atoms. The van der Waals surface area contributed by atoms with E-state index in [0.29, 0.717) is 5.82 Å². The third kappa shape index (κ3) is 2.89. The molecule has 0 aliphatic heterocycles. The molecule has 0 aliphatic carbocycles. The fourth-order valence-corrected chi connectivity index (χ4v) is 1.55. The van der Waals surface area contributed by atoms with Crippen LogP contribution in [0, 0.1) is 12.7 Å². The van der Waals surface area contributed by atoms with Gasteiger partial charge in [-0.3, -0.25) is 9.78 Å². The summed E-state index contributed by atoms with van der Waals surface area (Å²) < 4.78 is 13.8. The van der Waals surface area contributed by atoms with E-state index in [9.17, 15) is 9.18 Å². The Morgan fingerprint density at radius 3 is 2.78 bits per heavy atom. The first-order valence-corrected chi connectivity index (χ1v) is 5.89. The minimum absolute atomic E-state index is 0.150. The molecule has 0 radical (unpaired) electrons. The molecule has 1 amide bonds. The first-order valence-electron chi connectivity index (χ1n) is 5.10. The first kappa shape index (κ1) is 12.6. The molecule has 0 unspecified atom stereocenters. The second kappa shape index (κ2) is 5.22. The predicted molar refractivity (Wildman–Crippen MR) is 68.8 cm³/mol. The fourth-order valence-electron chi connectivity index (χ4n) is 1.33. The Kier molecular flexibility index (Phi) is 3.66. The lowest BCUT2D eigenvalue weighted by Crippen LogP contribution is -2.13. The number of aromatic nitrogens is 2. The Labute approximate surface area is 111 Å². The van der Waals surface area contributed by atoms with E-state index in [4.69, 9.17) is 0 Å². The maximum absolute atomic E-state index is 12.9. The maximum Gasteiger partial charge on any atom is 0.258 e. The van der Waals surface area contributed by atoms with E-state index in [0.717, 1.165) is 22.3 Å². The van der Waals surface area contributed by atoms with Crippen molar-refractivity contribution in [1.82, 2.24) is 9.97 Å². The van der Waals surface area contributed by atoms with Crippen molar-refractivity contribution in [3.8, 4) is 0 Å². The van der Waals surface area contributed by atoms with Gasteiger partial charge in [-0.2, -0.15) is 0 Å². The number of anilines is 1. The van der Waals surface area contributed by atoms with Crippen molar-refractivity contribution in [1.29, 1.82) is 0 Å². The third-order valence-corrected chi connectivity index (χ3v) is 3.09. The van der Waals surface area contributed by atoms with Gasteiger partial charge in [0.15, 0.2) is 0 Å². The molecule has 0 fully saturated rings. The van der Waals surface area contributed by atoms with Crippen LogP contribution >= 0.6 is 15.9 Å². The topological polar surface area (TPSA) is 54.9 Å². The summed E-state index contributed by atoms with van der Waals surface area (Å²) in [7, 11) is 0. The van der Waals surface area contributed by atoms with Gasteiger partial charge in [0.1, 0.15) is 11.6 Å². The van der Waals surface area contributed by atoms with E-state index in [-0.39, 0.29) is 5.56 Å². The number of hydrogen-bond acceptors (Lipinski definition) is 3. The van der Waals surface area contributed by atoms with Crippen molar-refractivity contribution in [2.24, 2.45) is 0 Å². The molecular formula is C12H9BrFN3O. The number of halogens is 2. The summed E-state index contributed by atoms with van der Waals surface area (Å²) >= 11 is 3.32. The number of aryl methyl sites for hydroxylation is 1. The number of rotatable bonds is 2. The number of nitrogens with zero attached hydrogens (tertiary/aromatic N) is 2. The average Bonchev–Trinajstić information content (AvgIpc) is 2.34. The fraction of sp³-hybridized carbons (Fsp3) is 0.0833. The zero-order valence-corrected chi connectivity index (χ0v) is 11.0. The van der Waals surface area contributed by atoms with Crippen LogP contribution in [0.15, 0.2) is 35.2 Å². The van der Waals surface area contributed by atoms with Crippen molar-refractivity contribution >= 4 is 27.7 Å². The smallest absolute Gasteiger partial charge is 0.258 e. The minimum Gasteiger partial charge on any atom is -0.307 e. The lowest BCUT2D eigenvalue weighted by atomic mass is 10.2. The van der Waals surface area contributed by atoms with Crippen LogP contribution in [-0.4, -0.2) is 15.9 Å². The van der Waals surface area contributed by atoms with E-state index < -0.39 is 11.7 Å². The molecule has 0 spiro atoms. The van der Waals surface area contributed by atoms with Crippen LogP contribution in [-0.2, 0) is 0 Å². The van der Waals surface area contributed by atoms with Crippen LogP contribution in [0.25, 0.3) is 0 Å². The van der Waals surface area contributed by atoms with E-state index in [2.05, 4.69) is 31.2 Å². The summed E-state index contributed by atoms with van der Waals surface area (Å²) in [6.45, 7) is 1.88. The van der Waals surface area contributed by atoms with Crippen LogP contribution in [0.3, 0.4) is 0 Å². The molecule has 92 valence electrons. The predicted octanol–water partition coefficient (Wildman–Crippen LogP) is 2.94. The second-order valence-electron chi connectivity index (χ2n) is 3.66. The summed E-state index contributed by atoms with van der Waals surface area (Å²) in [5, 5.41) is 2.58. The van der Waals surface area contributed by atoms with Crippen molar-refractivity contribution < 1.29 is 9.18 Å². The summed E-state index contributed by atoms with van der Waals surface area (Å²) in [6, 6.07) is 2.84. The molecule has 2 aromatic rings. The van der Waals surface area contributed by atoms with Crippen LogP contribution in [0.2, 0.25) is 0 Å². The van der Waals surface area contributed by atoms with E-state index in [1.54, 1.807) is 12.3 Å². The highest BCUT2D eigenvalue weighted by atomic mass is 79.9. The van der Waals surface area contributed by atoms with Crippen molar-refractivity contribution in [3.63, 3.8) is 0 Å². The monoisotopic (exact) mass is 309 g/mol. The summed E-state index contributed by atoms with van der Waals surface area (Å²) in [5.74, 6) is -0.594. The standard InChI is InChI=1S/C12H9BrFN3O/c1-7-2-11(16-6-10(7)13)17-12(18)8-3-9(14)5-15-4-8/h2-6H,1H3,(H,16,17,18). The number of carbonyl (C=O) groups is 1. The summed E-state index contributed by atoms with van der Waals surface area (Å²) in [4.78, 5) is 19.4. The van der Waals surface area contributed by atoms with Gasteiger partial charge in [-0.15, -0.1) is 0 Å². The molecule has 0 saturated heterocycles. The Bertz CT molecular complexity index is 604. The number of carbonyl (C=O) groups excluding carboxylic acids is 1. The molecule has 0 atom stereocenters. The Morgan fingerprint density at radius 1 is 1.33 bits per heavy atom. The van der Waals surface area contributed by atoms with Gasteiger partial charge in [0.05, 0.1) is 11.8 Å². The minimum atomic E-state index is -0.553. The van der Waals surface area contributed by atoms with Gasteiger partial charge in [-0.25, -0.2) is 9.37 Å². The highest BCUT2D eigenvalue weighted by molar-refractivity contribution is 9.10.